The lowest BCUT2D eigenvalue weighted by Crippen LogP contribution is -2.24. The Bertz CT molecular complexity index is 674. The van der Waals surface area contributed by atoms with Crippen LogP contribution < -0.4 is 10.2 Å². The second-order valence-corrected chi connectivity index (χ2v) is 6.27. The number of aryl methyl sites for hydroxylation is 1. The normalized spacial score (nSPS) is 15.0. The summed E-state index contributed by atoms with van der Waals surface area (Å²) >= 11 is 0. The smallest absolute Gasteiger partial charge is 0.274 e. The minimum Gasteiger partial charge on any atom is -0.370 e. The van der Waals surface area contributed by atoms with Crippen LogP contribution >= 0.6 is 0 Å². The van der Waals surface area contributed by atoms with Gasteiger partial charge < -0.3 is 10.2 Å². The van der Waals surface area contributed by atoms with Gasteiger partial charge in [-0.2, -0.15) is 0 Å². The Labute approximate surface area is 143 Å². The highest BCUT2D eigenvalue weighted by molar-refractivity contribution is 6.03. The van der Waals surface area contributed by atoms with Gasteiger partial charge in [-0.05, 0) is 43.0 Å². The monoisotopic (exact) mass is 323 g/mol. The Morgan fingerprint density at radius 1 is 1.08 bits per heavy atom. The van der Waals surface area contributed by atoms with Crippen molar-refractivity contribution in [3.05, 3.63) is 53.9 Å². The highest BCUT2D eigenvalue weighted by Crippen LogP contribution is 2.20. The van der Waals surface area contributed by atoms with Crippen molar-refractivity contribution in [3.63, 3.8) is 0 Å². The fraction of sp³-hybridized carbons (Fsp3) is 0.400. The zero-order valence-electron chi connectivity index (χ0n) is 14.3. The molecular formula is C20H25N3O. The number of amides is 1. The molecule has 4 heteroatoms. The van der Waals surface area contributed by atoms with Gasteiger partial charge >= 0.3 is 0 Å². The zero-order valence-corrected chi connectivity index (χ0v) is 14.3. The SMILES string of the molecule is CCc1ccccc1NC(=O)c1ccc(N2CCCCCC2)cn1. The van der Waals surface area contributed by atoms with Crippen LogP contribution in [0.4, 0.5) is 11.4 Å². The van der Waals surface area contributed by atoms with Gasteiger partial charge in [0, 0.05) is 18.8 Å². The predicted octanol–water partition coefficient (Wildman–Crippen LogP) is 4.28. The van der Waals surface area contributed by atoms with Crippen molar-refractivity contribution < 1.29 is 4.79 Å². The van der Waals surface area contributed by atoms with E-state index in [4.69, 9.17) is 0 Å². The van der Waals surface area contributed by atoms with E-state index in [9.17, 15) is 4.79 Å². The molecular weight excluding hydrogens is 298 g/mol. The van der Waals surface area contributed by atoms with E-state index in [-0.39, 0.29) is 5.91 Å². The third-order valence-corrected chi connectivity index (χ3v) is 4.60. The average Bonchev–Trinajstić information content (AvgIpc) is 2.92. The van der Waals surface area contributed by atoms with Crippen molar-refractivity contribution in [1.29, 1.82) is 0 Å². The standard InChI is InChI=1S/C20H25N3O/c1-2-16-9-5-6-10-18(16)22-20(24)19-12-11-17(15-21-19)23-13-7-3-4-8-14-23/h5-6,9-12,15H,2-4,7-8,13-14H2,1H3,(H,22,24). The molecule has 1 N–H and O–H groups in total. The molecule has 1 saturated heterocycles. The molecule has 1 aromatic carbocycles. The van der Waals surface area contributed by atoms with E-state index in [1.54, 1.807) is 0 Å². The molecule has 1 aliphatic heterocycles. The molecule has 2 aromatic rings. The average molecular weight is 323 g/mol. The van der Waals surface area contributed by atoms with E-state index in [2.05, 4.69) is 22.1 Å². The van der Waals surface area contributed by atoms with E-state index < -0.39 is 0 Å². The predicted molar refractivity (Wildman–Crippen MR) is 98.7 cm³/mol. The first-order chi connectivity index (χ1) is 11.8. The molecule has 1 aromatic heterocycles. The number of pyridine rings is 1. The van der Waals surface area contributed by atoms with Crippen LogP contribution in [0.2, 0.25) is 0 Å². The highest BCUT2D eigenvalue weighted by atomic mass is 16.1. The van der Waals surface area contributed by atoms with Gasteiger partial charge in [-0.15, -0.1) is 0 Å². The zero-order chi connectivity index (χ0) is 16.8. The molecule has 0 radical (unpaired) electrons. The van der Waals surface area contributed by atoms with Crippen LogP contribution in [0.3, 0.4) is 0 Å². The van der Waals surface area contributed by atoms with Crippen molar-refractivity contribution >= 4 is 17.3 Å². The Morgan fingerprint density at radius 3 is 2.50 bits per heavy atom. The summed E-state index contributed by atoms with van der Waals surface area (Å²) in [6.07, 6.45) is 7.79. The van der Waals surface area contributed by atoms with Gasteiger partial charge in [0.25, 0.3) is 5.91 Å². The second kappa shape index (κ2) is 7.95. The molecule has 0 saturated carbocycles. The van der Waals surface area contributed by atoms with Crippen LogP contribution in [0.15, 0.2) is 42.6 Å². The molecule has 0 aliphatic carbocycles. The van der Waals surface area contributed by atoms with Crippen LogP contribution in [0.25, 0.3) is 0 Å². The molecule has 1 fully saturated rings. The fourth-order valence-corrected chi connectivity index (χ4v) is 3.17. The lowest BCUT2D eigenvalue weighted by atomic mass is 10.1. The van der Waals surface area contributed by atoms with E-state index in [0.717, 1.165) is 36.4 Å². The van der Waals surface area contributed by atoms with Crippen LogP contribution in [0.5, 0.6) is 0 Å². The van der Waals surface area contributed by atoms with E-state index >= 15 is 0 Å². The molecule has 2 heterocycles. The summed E-state index contributed by atoms with van der Waals surface area (Å²) in [6.45, 7) is 4.24. The third-order valence-electron chi connectivity index (χ3n) is 4.60. The summed E-state index contributed by atoms with van der Waals surface area (Å²) < 4.78 is 0. The van der Waals surface area contributed by atoms with E-state index in [1.807, 2.05) is 42.6 Å². The number of nitrogens with zero attached hydrogens (tertiary/aromatic N) is 2. The number of rotatable bonds is 4. The minimum absolute atomic E-state index is 0.154. The van der Waals surface area contributed by atoms with Gasteiger partial charge in [0.1, 0.15) is 5.69 Å². The first-order valence-corrected chi connectivity index (χ1v) is 8.88. The fourth-order valence-electron chi connectivity index (χ4n) is 3.17. The first-order valence-electron chi connectivity index (χ1n) is 8.88. The molecule has 24 heavy (non-hydrogen) atoms. The number of para-hydroxylation sites is 1. The molecule has 0 spiro atoms. The van der Waals surface area contributed by atoms with E-state index in [0.29, 0.717) is 5.69 Å². The Kier molecular flexibility index (Phi) is 5.47. The Balaban J connectivity index is 1.69. The van der Waals surface area contributed by atoms with Crippen LogP contribution in [0, 0.1) is 0 Å². The number of hydrogen-bond acceptors (Lipinski definition) is 3. The quantitative estimate of drug-likeness (QED) is 0.913. The summed E-state index contributed by atoms with van der Waals surface area (Å²) in [7, 11) is 0. The second-order valence-electron chi connectivity index (χ2n) is 6.27. The number of carbonyl (C=O) groups excluding carboxylic acids is 1. The van der Waals surface area contributed by atoms with Crippen LogP contribution in [0.1, 0.15) is 48.7 Å². The Morgan fingerprint density at radius 2 is 1.83 bits per heavy atom. The largest absolute Gasteiger partial charge is 0.370 e. The third kappa shape index (κ3) is 3.94. The van der Waals surface area contributed by atoms with Gasteiger partial charge in [0.05, 0.1) is 11.9 Å². The summed E-state index contributed by atoms with van der Waals surface area (Å²) in [5.41, 5.74) is 3.57. The number of aromatic nitrogens is 1. The molecule has 0 unspecified atom stereocenters. The Hall–Kier alpha value is -2.36. The van der Waals surface area contributed by atoms with Gasteiger partial charge in [0.15, 0.2) is 0 Å². The number of carbonyl (C=O) groups is 1. The van der Waals surface area contributed by atoms with Crippen LogP contribution in [-0.4, -0.2) is 24.0 Å². The first kappa shape index (κ1) is 16.5. The topological polar surface area (TPSA) is 45.2 Å². The molecule has 1 amide bonds. The summed E-state index contributed by atoms with van der Waals surface area (Å²) in [5, 5.41) is 2.97. The van der Waals surface area contributed by atoms with Crippen molar-refractivity contribution in [1.82, 2.24) is 4.98 Å². The molecule has 0 bridgehead atoms. The highest BCUT2D eigenvalue weighted by Gasteiger charge is 2.13. The van der Waals surface area contributed by atoms with E-state index in [1.165, 1.54) is 25.7 Å². The summed E-state index contributed by atoms with van der Waals surface area (Å²) in [6, 6.07) is 11.7. The number of nitrogens with one attached hydrogen (secondary N) is 1. The van der Waals surface area contributed by atoms with Crippen molar-refractivity contribution in [2.45, 2.75) is 39.0 Å². The van der Waals surface area contributed by atoms with Crippen molar-refractivity contribution in [2.75, 3.05) is 23.3 Å². The summed E-state index contributed by atoms with van der Waals surface area (Å²) in [5.74, 6) is -0.154. The number of hydrogen-bond donors (Lipinski definition) is 1. The van der Waals surface area contributed by atoms with Crippen LogP contribution in [-0.2, 0) is 6.42 Å². The molecule has 1 aliphatic rings. The number of anilines is 2. The molecule has 3 rings (SSSR count). The maximum absolute atomic E-state index is 12.4. The lowest BCUT2D eigenvalue weighted by molar-refractivity contribution is 0.102. The minimum atomic E-state index is -0.154. The molecule has 4 nitrogen and oxygen atoms in total. The van der Waals surface area contributed by atoms with Gasteiger partial charge in [-0.25, -0.2) is 4.98 Å². The van der Waals surface area contributed by atoms with Crippen molar-refractivity contribution in [2.24, 2.45) is 0 Å². The molecule has 0 atom stereocenters. The number of benzene rings is 1. The summed E-state index contributed by atoms with van der Waals surface area (Å²) in [4.78, 5) is 19.2. The van der Waals surface area contributed by atoms with Gasteiger partial charge in [-0.3, -0.25) is 4.79 Å². The van der Waals surface area contributed by atoms with Crippen molar-refractivity contribution in [3.8, 4) is 0 Å². The maximum atomic E-state index is 12.4. The molecule has 126 valence electrons. The lowest BCUT2D eigenvalue weighted by Gasteiger charge is -2.22. The maximum Gasteiger partial charge on any atom is 0.274 e. The van der Waals surface area contributed by atoms with Gasteiger partial charge in [-0.1, -0.05) is 38.0 Å². The van der Waals surface area contributed by atoms with Gasteiger partial charge in [0.2, 0.25) is 0 Å².